The van der Waals surface area contributed by atoms with Crippen LogP contribution in [-0.4, -0.2) is 29.0 Å². The number of rotatable bonds is 3. The molecule has 0 bridgehead atoms. The number of aromatic carboxylic acids is 1. The minimum absolute atomic E-state index is 0.0631. The van der Waals surface area contributed by atoms with Crippen molar-refractivity contribution >= 4 is 17.6 Å². The first-order valence-electron chi connectivity index (χ1n) is 6.60. The molecular weight excluding hydrogens is 268 g/mol. The van der Waals surface area contributed by atoms with E-state index in [-0.39, 0.29) is 11.6 Å². The third-order valence-electron chi connectivity index (χ3n) is 3.59. The Morgan fingerprint density at radius 3 is 2.14 bits per heavy atom. The number of H-pyrrole nitrogens is 1. The van der Waals surface area contributed by atoms with Crippen molar-refractivity contribution in [1.82, 2.24) is 4.98 Å². The molecule has 0 aliphatic heterocycles. The number of nitrogens with zero attached hydrogens (tertiary/aromatic N) is 1. The molecule has 0 saturated carbocycles. The Labute approximate surface area is 123 Å². The van der Waals surface area contributed by atoms with Crippen LogP contribution in [-0.2, 0) is 0 Å². The maximum Gasteiger partial charge on any atom is 0.352 e. The van der Waals surface area contributed by atoms with Gasteiger partial charge in [-0.25, -0.2) is 4.79 Å². The van der Waals surface area contributed by atoms with E-state index in [1.54, 1.807) is 20.9 Å². The van der Waals surface area contributed by atoms with Crippen LogP contribution in [0.4, 0.5) is 5.69 Å². The number of hydrogen-bond acceptors (Lipinski definition) is 2. The topological polar surface area (TPSA) is 73.4 Å². The highest BCUT2D eigenvalue weighted by atomic mass is 16.4. The molecule has 5 nitrogen and oxygen atoms in total. The Morgan fingerprint density at radius 1 is 1.10 bits per heavy atom. The fraction of sp³-hybridized carbons (Fsp3) is 0.250. The molecule has 2 N–H and O–H groups in total. The normalized spacial score (nSPS) is 10.5. The third-order valence-corrected chi connectivity index (χ3v) is 3.59. The number of nitrogens with one attached hydrogen (secondary N) is 1. The maximum atomic E-state index is 12.6. The Hall–Kier alpha value is -2.56. The van der Waals surface area contributed by atoms with E-state index in [4.69, 9.17) is 5.11 Å². The zero-order valence-corrected chi connectivity index (χ0v) is 12.5. The van der Waals surface area contributed by atoms with Crippen LogP contribution in [0.5, 0.6) is 0 Å². The molecule has 0 aliphatic rings. The lowest BCUT2D eigenvalue weighted by Crippen LogP contribution is -2.27. The molecule has 1 amide bonds. The summed E-state index contributed by atoms with van der Waals surface area (Å²) in [5, 5.41) is 9.12. The molecule has 0 saturated heterocycles. The minimum atomic E-state index is -1.06. The zero-order valence-electron chi connectivity index (χ0n) is 12.5. The molecule has 1 aromatic heterocycles. The number of aryl methyl sites for hydroxylation is 2. The highest BCUT2D eigenvalue weighted by molar-refractivity contribution is 6.09. The molecule has 0 fully saturated rings. The summed E-state index contributed by atoms with van der Waals surface area (Å²) in [6, 6.07) is 7.59. The SMILES string of the molecule is Cc1ccc(N(C)C(=O)c2c(C)[nH]c(C(=O)O)c2C)cc1. The van der Waals surface area contributed by atoms with Gasteiger partial charge in [0, 0.05) is 18.4 Å². The molecule has 0 aliphatic carbocycles. The van der Waals surface area contributed by atoms with Gasteiger partial charge in [-0.3, -0.25) is 4.79 Å². The summed E-state index contributed by atoms with van der Waals surface area (Å²) in [5.41, 5.74) is 3.38. The van der Waals surface area contributed by atoms with E-state index in [9.17, 15) is 9.59 Å². The van der Waals surface area contributed by atoms with Crippen molar-refractivity contribution in [3.8, 4) is 0 Å². The zero-order chi connectivity index (χ0) is 15.7. The lowest BCUT2D eigenvalue weighted by molar-refractivity contribution is 0.0690. The lowest BCUT2D eigenvalue weighted by atomic mass is 10.1. The minimum Gasteiger partial charge on any atom is -0.477 e. The molecule has 0 radical (unpaired) electrons. The quantitative estimate of drug-likeness (QED) is 0.911. The van der Waals surface area contributed by atoms with E-state index in [0.717, 1.165) is 11.3 Å². The monoisotopic (exact) mass is 286 g/mol. The average molecular weight is 286 g/mol. The smallest absolute Gasteiger partial charge is 0.352 e. The maximum absolute atomic E-state index is 12.6. The first kappa shape index (κ1) is 14.8. The molecule has 1 heterocycles. The van der Waals surface area contributed by atoms with Gasteiger partial charge in [0.2, 0.25) is 0 Å². The largest absolute Gasteiger partial charge is 0.477 e. The first-order chi connectivity index (χ1) is 9.82. The molecule has 2 aromatic rings. The average Bonchev–Trinajstić information content (AvgIpc) is 2.73. The molecule has 0 unspecified atom stereocenters. The summed E-state index contributed by atoms with van der Waals surface area (Å²) in [7, 11) is 1.68. The molecule has 1 aromatic carbocycles. The van der Waals surface area contributed by atoms with E-state index in [1.807, 2.05) is 31.2 Å². The number of aromatic nitrogens is 1. The van der Waals surface area contributed by atoms with Crippen LogP contribution in [0.3, 0.4) is 0 Å². The van der Waals surface area contributed by atoms with Gasteiger partial charge in [-0.05, 0) is 38.5 Å². The van der Waals surface area contributed by atoms with Crippen molar-refractivity contribution in [3.05, 3.63) is 52.3 Å². The Balaban J connectivity index is 2.40. The standard InChI is InChI=1S/C16H18N2O3/c1-9-5-7-12(8-6-9)18(4)15(19)13-10(2)14(16(20)21)17-11(13)3/h5-8,17H,1-4H3,(H,20,21). The second-order valence-electron chi connectivity index (χ2n) is 5.13. The predicted molar refractivity (Wildman–Crippen MR) is 81.1 cm³/mol. The van der Waals surface area contributed by atoms with E-state index in [1.165, 1.54) is 4.90 Å². The second kappa shape index (κ2) is 5.44. The molecule has 5 heteroatoms. The third kappa shape index (κ3) is 2.67. The van der Waals surface area contributed by atoms with E-state index >= 15 is 0 Å². The van der Waals surface area contributed by atoms with Crippen molar-refractivity contribution in [3.63, 3.8) is 0 Å². The van der Waals surface area contributed by atoms with Crippen LogP contribution in [0, 0.1) is 20.8 Å². The molecule has 0 spiro atoms. The van der Waals surface area contributed by atoms with Crippen molar-refractivity contribution in [1.29, 1.82) is 0 Å². The fourth-order valence-corrected chi connectivity index (χ4v) is 2.34. The van der Waals surface area contributed by atoms with Gasteiger partial charge in [0.05, 0.1) is 5.56 Å². The molecule has 110 valence electrons. The van der Waals surface area contributed by atoms with Gasteiger partial charge in [0.15, 0.2) is 0 Å². The Kier molecular flexibility index (Phi) is 3.84. The van der Waals surface area contributed by atoms with Gasteiger partial charge in [-0.2, -0.15) is 0 Å². The molecule has 2 rings (SSSR count). The van der Waals surface area contributed by atoms with Crippen molar-refractivity contribution in [2.45, 2.75) is 20.8 Å². The van der Waals surface area contributed by atoms with Crippen molar-refractivity contribution < 1.29 is 14.7 Å². The lowest BCUT2D eigenvalue weighted by Gasteiger charge is -2.18. The van der Waals surface area contributed by atoms with Crippen molar-refractivity contribution in [2.24, 2.45) is 0 Å². The van der Waals surface area contributed by atoms with E-state index < -0.39 is 5.97 Å². The van der Waals surface area contributed by atoms with E-state index in [0.29, 0.717) is 16.8 Å². The number of hydrogen-bond donors (Lipinski definition) is 2. The summed E-state index contributed by atoms with van der Waals surface area (Å²) in [6.45, 7) is 5.32. The summed E-state index contributed by atoms with van der Waals surface area (Å²) in [4.78, 5) is 28.0. The van der Waals surface area contributed by atoms with Gasteiger partial charge in [-0.15, -0.1) is 0 Å². The number of carbonyl (C=O) groups excluding carboxylic acids is 1. The van der Waals surface area contributed by atoms with E-state index in [2.05, 4.69) is 4.98 Å². The number of anilines is 1. The van der Waals surface area contributed by atoms with Crippen LogP contribution in [0.2, 0.25) is 0 Å². The van der Waals surface area contributed by atoms with Crippen LogP contribution >= 0.6 is 0 Å². The summed E-state index contributed by atoms with van der Waals surface area (Å²) in [6.07, 6.45) is 0. The number of aromatic amines is 1. The number of benzene rings is 1. The Bertz CT molecular complexity index is 699. The second-order valence-corrected chi connectivity index (χ2v) is 5.13. The number of carbonyl (C=O) groups is 2. The summed E-state index contributed by atoms with van der Waals surface area (Å²) < 4.78 is 0. The molecule has 21 heavy (non-hydrogen) atoms. The predicted octanol–water partition coefficient (Wildman–Crippen LogP) is 2.91. The van der Waals surface area contributed by atoms with Gasteiger partial charge in [-0.1, -0.05) is 17.7 Å². The number of carboxylic acids is 1. The van der Waals surface area contributed by atoms with Gasteiger partial charge in [0.1, 0.15) is 5.69 Å². The fourth-order valence-electron chi connectivity index (χ4n) is 2.34. The number of carboxylic acid groups (broad SMARTS) is 1. The summed E-state index contributed by atoms with van der Waals surface area (Å²) in [5.74, 6) is -1.29. The van der Waals surface area contributed by atoms with Crippen molar-refractivity contribution in [2.75, 3.05) is 11.9 Å². The van der Waals surface area contributed by atoms with Crippen LogP contribution in [0.1, 0.15) is 37.7 Å². The highest BCUT2D eigenvalue weighted by Crippen LogP contribution is 2.22. The number of amides is 1. The van der Waals surface area contributed by atoms with Gasteiger partial charge >= 0.3 is 5.97 Å². The summed E-state index contributed by atoms with van der Waals surface area (Å²) >= 11 is 0. The van der Waals surface area contributed by atoms with Crippen LogP contribution < -0.4 is 4.90 Å². The highest BCUT2D eigenvalue weighted by Gasteiger charge is 2.24. The van der Waals surface area contributed by atoms with Gasteiger partial charge < -0.3 is 15.0 Å². The molecule has 0 atom stereocenters. The Morgan fingerprint density at radius 2 is 1.67 bits per heavy atom. The van der Waals surface area contributed by atoms with Crippen LogP contribution in [0.25, 0.3) is 0 Å². The van der Waals surface area contributed by atoms with Gasteiger partial charge in [0.25, 0.3) is 5.91 Å². The molecular formula is C16H18N2O3. The van der Waals surface area contributed by atoms with Crippen LogP contribution in [0.15, 0.2) is 24.3 Å². The first-order valence-corrected chi connectivity index (χ1v) is 6.60.